The van der Waals surface area contributed by atoms with Gasteiger partial charge in [0.1, 0.15) is 0 Å². The summed E-state index contributed by atoms with van der Waals surface area (Å²) in [6, 6.07) is 0. The van der Waals surface area contributed by atoms with Gasteiger partial charge in [0.2, 0.25) is 0 Å². The van der Waals surface area contributed by atoms with Crippen LogP contribution in [0.15, 0.2) is 12.2 Å². The molecule has 0 N–H and O–H groups in total. The summed E-state index contributed by atoms with van der Waals surface area (Å²) < 4.78 is 0. The standard InChI is InChI=1S/C8H13NO2/c1-5-7(10)6(2)8(11)9(3)4/h2,5H2,1,3-4H3. The molecule has 0 unspecified atom stereocenters. The van der Waals surface area contributed by atoms with Crippen molar-refractivity contribution in [2.45, 2.75) is 13.3 Å². The van der Waals surface area contributed by atoms with Gasteiger partial charge in [-0.15, -0.1) is 0 Å². The highest BCUT2D eigenvalue weighted by Gasteiger charge is 2.14. The van der Waals surface area contributed by atoms with Crippen LogP contribution in [-0.2, 0) is 9.59 Å². The van der Waals surface area contributed by atoms with Crippen molar-refractivity contribution in [3.63, 3.8) is 0 Å². The maximum atomic E-state index is 11.0. The van der Waals surface area contributed by atoms with Crippen LogP contribution >= 0.6 is 0 Å². The Kier molecular flexibility index (Phi) is 3.51. The van der Waals surface area contributed by atoms with Crippen LogP contribution in [0, 0.1) is 0 Å². The number of carbonyl (C=O) groups is 2. The van der Waals surface area contributed by atoms with Crippen LogP contribution < -0.4 is 0 Å². The number of hydrogen-bond donors (Lipinski definition) is 0. The van der Waals surface area contributed by atoms with Gasteiger partial charge >= 0.3 is 0 Å². The number of amides is 1. The van der Waals surface area contributed by atoms with E-state index < -0.39 is 0 Å². The largest absolute Gasteiger partial charge is 0.345 e. The van der Waals surface area contributed by atoms with Gasteiger partial charge in [0.25, 0.3) is 5.91 Å². The molecule has 3 heteroatoms. The highest BCUT2D eigenvalue weighted by molar-refractivity contribution is 6.18. The Morgan fingerprint density at radius 1 is 1.36 bits per heavy atom. The Morgan fingerprint density at radius 3 is 2.09 bits per heavy atom. The fourth-order valence-corrected chi connectivity index (χ4v) is 0.603. The van der Waals surface area contributed by atoms with Crippen LogP contribution in [0.5, 0.6) is 0 Å². The lowest BCUT2D eigenvalue weighted by molar-refractivity contribution is -0.127. The van der Waals surface area contributed by atoms with Crippen LogP contribution in [0.1, 0.15) is 13.3 Å². The number of carbonyl (C=O) groups excluding carboxylic acids is 2. The van der Waals surface area contributed by atoms with Gasteiger partial charge in [0.15, 0.2) is 5.78 Å². The van der Waals surface area contributed by atoms with E-state index in [0.29, 0.717) is 6.42 Å². The van der Waals surface area contributed by atoms with E-state index in [2.05, 4.69) is 6.58 Å². The molecule has 0 aliphatic heterocycles. The van der Waals surface area contributed by atoms with Crippen LogP contribution in [-0.4, -0.2) is 30.7 Å². The molecule has 0 atom stereocenters. The lowest BCUT2D eigenvalue weighted by Crippen LogP contribution is -2.26. The first-order valence-corrected chi connectivity index (χ1v) is 3.44. The zero-order valence-corrected chi connectivity index (χ0v) is 7.18. The van der Waals surface area contributed by atoms with Crippen molar-refractivity contribution in [1.29, 1.82) is 0 Å². The highest BCUT2D eigenvalue weighted by atomic mass is 16.2. The molecule has 0 aromatic heterocycles. The third-order valence-corrected chi connectivity index (χ3v) is 1.32. The summed E-state index contributed by atoms with van der Waals surface area (Å²) in [5.41, 5.74) is 0.0671. The van der Waals surface area contributed by atoms with Gasteiger partial charge in [-0.25, -0.2) is 0 Å². The second-order valence-electron chi connectivity index (χ2n) is 2.45. The molecule has 0 rings (SSSR count). The smallest absolute Gasteiger partial charge is 0.256 e. The molecule has 0 fully saturated rings. The van der Waals surface area contributed by atoms with Crippen LogP contribution in [0.3, 0.4) is 0 Å². The normalized spacial score (nSPS) is 9.00. The average Bonchev–Trinajstić information content (AvgIpc) is 2.00. The van der Waals surface area contributed by atoms with Crippen molar-refractivity contribution < 1.29 is 9.59 Å². The lowest BCUT2D eigenvalue weighted by Gasteiger charge is -2.10. The number of ketones is 1. The summed E-state index contributed by atoms with van der Waals surface area (Å²) in [4.78, 5) is 23.3. The SMILES string of the molecule is C=C(C(=O)CC)C(=O)N(C)C. The van der Waals surface area contributed by atoms with Crippen LogP contribution in [0.4, 0.5) is 0 Å². The van der Waals surface area contributed by atoms with Crippen molar-refractivity contribution in [2.75, 3.05) is 14.1 Å². The van der Waals surface area contributed by atoms with Gasteiger partial charge in [0, 0.05) is 20.5 Å². The van der Waals surface area contributed by atoms with Crippen molar-refractivity contribution in [3.05, 3.63) is 12.2 Å². The Hall–Kier alpha value is -1.12. The Labute approximate surface area is 66.7 Å². The summed E-state index contributed by atoms with van der Waals surface area (Å²) in [6.45, 7) is 5.11. The van der Waals surface area contributed by atoms with Gasteiger partial charge in [-0.1, -0.05) is 13.5 Å². The molecule has 1 amide bonds. The summed E-state index contributed by atoms with van der Waals surface area (Å²) >= 11 is 0. The Balaban J connectivity index is 4.26. The number of likely N-dealkylation sites (N-methyl/N-ethyl adjacent to an activating group) is 1. The fraction of sp³-hybridized carbons (Fsp3) is 0.500. The van der Waals surface area contributed by atoms with Crippen molar-refractivity contribution in [1.82, 2.24) is 4.90 Å². The van der Waals surface area contributed by atoms with Crippen molar-refractivity contribution in [3.8, 4) is 0 Å². The average molecular weight is 155 g/mol. The molecule has 62 valence electrons. The van der Waals surface area contributed by atoms with E-state index in [1.54, 1.807) is 21.0 Å². The van der Waals surface area contributed by atoms with Gasteiger partial charge in [-0.05, 0) is 0 Å². The minimum atomic E-state index is -0.308. The summed E-state index contributed by atoms with van der Waals surface area (Å²) in [5.74, 6) is -0.499. The van der Waals surface area contributed by atoms with E-state index in [4.69, 9.17) is 0 Å². The van der Waals surface area contributed by atoms with Crippen molar-refractivity contribution >= 4 is 11.7 Å². The molecule has 3 nitrogen and oxygen atoms in total. The van der Waals surface area contributed by atoms with Gasteiger partial charge in [-0.2, -0.15) is 0 Å². The minimum Gasteiger partial charge on any atom is -0.345 e. The molecule has 0 saturated heterocycles. The van der Waals surface area contributed by atoms with E-state index in [0.717, 1.165) is 0 Å². The summed E-state index contributed by atoms with van der Waals surface area (Å²) in [7, 11) is 3.19. The summed E-state index contributed by atoms with van der Waals surface area (Å²) in [5, 5.41) is 0. The van der Waals surface area contributed by atoms with E-state index >= 15 is 0 Å². The molecule has 0 aliphatic rings. The minimum absolute atomic E-state index is 0.0671. The molecular formula is C8H13NO2. The van der Waals surface area contributed by atoms with E-state index in [-0.39, 0.29) is 17.3 Å². The molecule has 0 spiro atoms. The van der Waals surface area contributed by atoms with E-state index in [1.807, 2.05) is 0 Å². The molecule has 0 radical (unpaired) electrons. The second kappa shape index (κ2) is 3.91. The predicted molar refractivity (Wildman–Crippen MR) is 43.1 cm³/mol. The maximum absolute atomic E-state index is 11.0. The Bertz CT molecular complexity index is 194. The molecule has 0 aliphatic carbocycles. The van der Waals surface area contributed by atoms with Crippen LogP contribution in [0.2, 0.25) is 0 Å². The third kappa shape index (κ3) is 2.53. The predicted octanol–water partition coefficient (Wildman–Crippen LogP) is 0.610. The monoisotopic (exact) mass is 155 g/mol. The molecule has 11 heavy (non-hydrogen) atoms. The topological polar surface area (TPSA) is 37.4 Å². The second-order valence-corrected chi connectivity index (χ2v) is 2.45. The van der Waals surface area contributed by atoms with Crippen LogP contribution in [0.25, 0.3) is 0 Å². The number of hydrogen-bond acceptors (Lipinski definition) is 2. The maximum Gasteiger partial charge on any atom is 0.256 e. The number of rotatable bonds is 3. The molecular weight excluding hydrogens is 142 g/mol. The highest BCUT2D eigenvalue weighted by Crippen LogP contribution is 1.99. The lowest BCUT2D eigenvalue weighted by atomic mass is 10.1. The van der Waals surface area contributed by atoms with Gasteiger partial charge in [-0.3, -0.25) is 9.59 Å². The zero-order valence-electron chi connectivity index (χ0n) is 7.18. The van der Waals surface area contributed by atoms with Gasteiger partial charge in [0.05, 0.1) is 5.57 Å². The first-order valence-electron chi connectivity index (χ1n) is 3.44. The molecule has 0 saturated carbocycles. The number of Topliss-reactive ketones (excluding diaryl/α,β-unsaturated/α-hetero) is 1. The van der Waals surface area contributed by atoms with Gasteiger partial charge < -0.3 is 4.90 Å². The van der Waals surface area contributed by atoms with E-state index in [9.17, 15) is 9.59 Å². The quantitative estimate of drug-likeness (QED) is 0.340. The first-order chi connectivity index (χ1) is 5.00. The third-order valence-electron chi connectivity index (χ3n) is 1.32. The van der Waals surface area contributed by atoms with E-state index in [1.165, 1.54) is 4.90 Å². The Morgan fingerprint density at radius 2 is 1.82 bits per heavy atom. The first kappa shape index (κ1) is 9.88. The molecule has 0 bridgehead atoms. The molecule has 0 aromatic carbocycles. The fourth-order valence-electron chi connectivity index (χ4n) is 0.603. The number of nitrogens with zero attached hydrogens (tertiary/aromatic N) is 1. The zero-order chi connectivity index (χ0) is 9.02. The molecule has 0 heterocycles. The van der Waals surface area contributed by atoms with Crippen molar-refractivity contribution in [2.24, 2.45) is 0 Å². The molecule has 0 aromatic rings. The summed E-state index contributed by atoms with van der Waals surface area (Å²) in [6.07, 6.45) is 0.332.